The summed E-state index contributed by atoms with van der Waals surface area (Å²) in [6.07, 6.45) is 2.73. The number of carbonyl (C=O) groups is 2. The number of carbonyl (C=O) groups excluding carboxylic acids is 2. The Bertz CT molecular complexity index is 1030. The number of aromatic nitrogens is 1. The summed E-state index contributed by atoms with van der Waals surface area (Å²) in [4.78, 5) is 27.9. The highest BCUT2D eigenvalue weighted by Gasteiger charge is 2.29. The Morgan fingerprint density at radius 2 is 1.93 bits per heavy atom. The van der Waals surface area contributed by atoms with Crippen LogP contribution in [0, 0.1) is 19.8 Å². The first-order valence-electron chi connectivity index (χ1n) is 10.3. The number of hydrogen-bond acceptors (Lipinski definition) is 4. The van der Waals surface area contributed by atoms with Gasteiger partial charge in [0.1, 0.15) is 5.76 Å². The number of aryl methyl sites for hydroxylation is 2. The van der Waals surface area contributed by atoms with E-state index in [2.05, 4.69) is 5.16 Å². The van der Waals surface area contributed by atoms with Crippen LogP contribution in [0.1, 0.15) is 46.6 Å². The first-order valence-corrected chi connectivity index (χ1v) is 10.3. The molecule has 0 spiro atoms. The van der Waals surface area contributed by atoms with Gasteiger partial charge in [0, 0.05) is 36.6 Å². The molecule has 1 saturated heterocycles. The Morgan fingerprint density at radius 1 is 1.14 bits per heavy atom. The molecular weight excluding hydrogens is 364 g/mol. The van der Waals surface area contributed by atoms with Crippen molar-refractivity contribution < 1.29 is 14.1 Å². The standard InChI is InChI=1S/C24H26N2O3/c1-16-20(17(2)29-25-16)12-13-23(27)26-14-6-9-19(15-26)24(28)22-11-5-8-18-7-3-4-10-21(18)22/h3-5,7-8,10-11,19H,6,9,12-15H2,1-2H3/t19-/m0/s1. The van der Waals surface area contributed by atoms with Gasteiger partial charge in [0.15, 0.2) is 5.78 Å². The van der Waals surface area contributed by atoms with E-state index in [0.29, 0.717) is 19.4 Å². The number of nitrogens with zero attached hydrogens (tertiary/aromatic N) is 2. The van der Waals surface area contributed by atoms with Crippen LogP contribution in [-0.2, 0) is 11.2 Å². The molecule has 1 aliphatic heterocycles. The topological polar surface area (TPSA) is 63.4 Å². The highest BCUT2D eigenvalue weighted by Crippen LogP contribution is 2.26. The maximum Gasteiger partial charge on any atom is 0.222 e. The minimum absolute atomic E-state index is 0.0976. The van der Waals surface area contributed by atoms with Crippen LogP contribution in [0.4, 0.5) is 0 Å². The molecule has 5 heteroatoms. The van der Waals surface area contributed by atoms with E-state index in [1.807, 2.05) is 61.2 Å². The van der Waals surface area contributed by atoms with Gasteiger partial charge in [0.05, 0.1) is 5.69 Å². The number of hydrogen-bond donors (Lipinski definition) is 0. The van der Waals surface area contributed by atoms with Gasteiger partial charge in [-0.3, -0.25) is 9.59 Å². The van der Waals surface area contributed by atoms with E-state index in [4.69, 9.17) is 4.52 Å². The SMILES string of the molecule is Cc1noc(C)c1CCC(=O)N1CCC[C@H](C(=O)c2cccc3ccccc23)C1. The van der Waals surface area contributed by atoms with Crippen molar-refractivity contribution >= 4 is 22.5 Å². The minimum Gasteiger partial charge on any atom is -0.361 e. The Labute approximate surface area is 170 Å². The molecule has 1 fully saturated rings. The molecule has 1 aromatic heterocycles. The summed E-state index contributed by atoms with van der Waals surface area (Å²) in [6, 6.07) is 13.8. The van der Waals surface area contributed by atoms with Crippen LogP contribution in [-0.4, -0.2) is 34.8 Å². The number of benzene rings is 2. The van der Waals surface area contributed by atoms with E-state index in [-0.39, 0.29) is 17.6 Å². The van der Waals surface area contributed by atoms with Gasteiger partial charge in [-0.15, -0.1) is 0 Å². The molecular formula is C24H26N2O3. The first-order chi connectivity index (χ1) is 14.0. The summed E-state index contributed by atoms with van der Waals surface area (Å²) in [5.74, 6) is 0.876. The fourth-order valence-electron chi connectivity index (χ4n) is 4.33. The summed E-state index contributed by atoms with van der Waals surface area (Å²) < 4.78 is 5.19. The number of Topliss-reactive ketones (excluding diaryl/α,β-unsaturated/α-hetero) is 1. The van der Waals surface area contributed by atoms with Crippen LogP contribution in [0.3, 0.4) is 0 Å². The molecule has 0 radical (unpaired) electrons. The van der Waals surface area contributed by atoms with Crippen molar-refractivity contribution in [2.45, 2.75) is 39.5 Å². The summed E-state index contributed by atoms with van der Waals surface area (Å²) in [7, 11) is 0. The molecule has 4 rings (SSSR count). The molecule has 0 N–H and O–H groups in total. The quantitative estimate of drug-likeness (QED) is 0.602. The molecule has 1 amide bonds. The van der Waals surface area contributed by atoms with Gasteiger partial charge in [-0.2, -0.15) is 0 Å². The van der Waals surface area contributed by atoms with Crippen LogP contribution in [0.25, 0.3) is 10.8 Å². The Hall–Kier alpha value is -2.95. The highest BCUT2D eigenvalue weighted by atomic mass is 16.5. The molecule has 0 unspecified atom stereocenters. The third kappa shape index (κ3) is 3.95. The average Bonchev–Trinajstić information content (AvgIpc) is 3.08. The fraction of sp³-hybridized carbons (Fsp3) is 0.375. The molecule has 1 atom stereocenters. The van der Waals surface area contributed by atoms with E-state index in [0.717, 1.165) is 52.7 Å². The van der Waals surface area contributed by atoms with Crippen LogP contribution < -0.4 is 0 Å². The van der Waals surface area contributed by atoms with Crippen molar-refractivity contribution in [3.05, 3.63) is 65.0 Å². The highest BCUT2D eigenvalue weighted by molar-refractivity contribution is 6.09. The first kappa shape index (κ1) is 19.4. The maximum absolute atomic E-state index is 13.3. The van der Waals surface area contributed by atoms with E-state index < -0.39 is 0 Å². The van der Waals surface area contributed by atoms with Crippen LogP contribution in [0.15, 0.2) is 47.0 Å². The number of ketones is 1. The summed E-state index contributed by atoms with van der Waals surface area (Å²) in [6.45, 7) is 5.00. The average molecular weight is 390 g/mol. The van der Waals surface area contributed by atoms with Crippen molar-refractivity contribution in [1.29, 1.82) is 0 Å². The predicted octanol–water partition coefficient (Wildman–Crippen LogP) is 4.50. The van der Waals surface area contributed by atoms with E-state index in [9.17, 15) is 9.59 Å². The number of amides is 1. The van der Waals surface area contributed by atoms with Crippen molar-refractivity contribution in [3.8, 4) is 0 Å². The zero-order valence-electron chi connectivity index (χ0n) is 17.0. The van der Waals surface area contributed by atoms with Gasteiger partial charge < -0.3 is 9.42 Å². The van der Waals surface area contributed by atoms with Gasteiger partial charge in [0.25, 0.3) is 0 Å². The Balaban J connectivity index is 1.45. The number of rotatable bonds is 5. The molecule has 3 aromatic rings. The zero-order chi connectivity index (χ0) is 20.4. The second kappa shape index (κ2) is 8.19. The van der Waals surface area contributed by atoms with Crippen molar-refractivity contribution in [1.82, 2.24) is 10.1 Å². The van der Waals surface area contributed by atoms with Gasteiger partial charge in [0.2, 0.25) is 5.91 Å². The smallest absolute Gasteiger partial charge is 0.222 e. The van der Waals surface area contributed by atoms with Gasteiger partial charge in [-0.25, -0.2) is 0 Å². The lowest BCUT2D eigenvalue weighted by atomic mass is 9.87. The summed E-state index contributed by atoms with van der Waals surface area (Å²) in [5.41, 5.74) is 2.62. The summed E-state index contributed by atoms with van der Waals surface area (Å²) >= 11 is 0. The van der Waals surface area contributed by atoms with Crippen molar-refractivity contribution in [3.63, 3.8) is 0 Å². The monoisotopic (exact) mass is 390 g/mol. The maximum atomic E-state index is 13.3. The third-order valence-electron chi connectivity index (χ3n) is 5.97. The lowest BCUT2D eigenvalue weighted by molar-refractivity contribution is -0.132. The molecule has 1 aliphatic rings. The Kier molecular flexibility index (Phi) is 5.47. The second-order valence-corrected chi connectivity index (χ2v) is 7.87. The molecule has 29 heavy (non-hydrogen) atoms. The van der Waals surface area contributed by atoms with E-state index in [1.165, 1.54) is 0 Å². The van der Waals surface area contributed by atoms with Crippen LogP contribution >= 0.6 is 0 Å². The number of piperidine rings is 1. The normalized spacial score (nSPS) is 16.9. The number of fused-ring (bicyclic) bond motifs is 1. The predicted molar refractivity (Wildman–Crippen MR) is 112 cm³/mol. The molecule has 5 nitrogen and oxygen atoms in total. The van der Waals surface area contributed by atoms with Crippen LogP contribution in [0.2, 0.25) is 0 Å². The Morgan fingerprint density at radius 3 is 2.72 bits per heavy atom. The van der Waals surface area contributed by atoms with Gasteiger partial charge >= 0.3 is 0 Å². The van der Waals surface area contributed by atoms with E-state index >= 15 is 0 Å². The van der Waals surface area contributed by atoms with Gasteiger partial charge in [-0.05, 0) is 43.9 Å². The minimum atomic E-state index is -0.141. The molecule has 0 saturated carbocycles. The fourth-order valence-corrected chi connectivity index (χ4v) is 4.33. The molecule has 150 valence electrons. The molecule has 2 heterocycles. The van der Waals surface area contributed by atoms with E-state index in [1.54, 1.807) is 0 Å². The lowest BCUT2D eigenvalue weighted by Crippen LogP contribution is -2.42. The third-order valence-corrected chi connectivity index (χ3v) is 5.97. The number of likely N-dealkylation sites (tertiary alicyclic amines) is 1. The largest absolute Gasteiger partial charge is 0.361 e. The van der Waals surface area contributed by atoms with Gasteiger partial charge in [-0.1, -0.05) is 47.6 Å². The molecule has 0 aliphatic carbocycles. The van der Waals surface area contributed by atoms with Crippen molar-refractivity contribution in [2.24, 2.45) is 5.92 Å². The molecule has 2 aromatic carbocycles. The zero-order valence-corrected chi connectivity index (χ0v) is 17.0. The molecule has 0 bridgehead atoms. The second-order valence-electron chi connectivity index (χ2n) is 7.87. The summed E-state index contributed by atoms with van der Waals surface area (Å²) in [5, 5.41) is 6.01. The van der Waals surface area contributed by atoms with Crippen LogP contribution in [0.5, 0.6) is 0 Å². The van der Waals surface area contributed by atoms with Crippen molar-refractivity contribution in [2.75, 3.05) is 13.1 Å². The lowest BCUT2D eigenvalue weighted by Gasteiger charge is -2.32.